The molecule has 1 N–H and O–H groups in total. The van der Waals surface area contributed by atoms with Gasteiger partial charge in [-0.1, -0.05) is 17.3 Å². The van der Waals surface area contributed by atoms with E-state index in [0.29, 0.717) is 22.8 Å². The van der Waals surface area contributed by atoms with Gasteiger partial charge in [-0.2, -0.15) is 10.2 Å². The molecule has 0 saturated heterocycles. The van der Waals surface area contributed by atoms with Crippen molar-refractivity contribution >= 4 is 17.2 Å². The Hall–Kier alpha value is -2.98. The second-order valence-electron chi connectivity index (χ2n) is 4.36. The molecule has 0 atom stereocenters. The van der Waals surface area contributed by atoms with Crippen molar-refractivity contribution in [3.8, 4) is 16.8 Å². The van der Waals surface area contributed by atoms with Gasteiger partial charge in [-0.3, -0.25) is 4.79 Å². The monoisotopic (exact) mass is 310 g/mol. The zero-order chi connectivity index (χ0) is 15.4. The lowest BCUT2D eigenvalue weighted by Gasteiger charge is -2.02. The topological polar surface area (TPSA) is 91.8 Å². The van der Waals surface area contributed by atoms with E-state index in [1.807, 2.05) is 23.6 Å². The molecule has 0 aliphatic heterocycles. The van der Waals surface area contributed by atoms with Crippen LogP contribution in [0.15, 0.2) is 46.3 Å². The summed E-state index contributed by atoms with van der Waals surface area (Å²) in [5.74, 6) is 0.534. The second-order valence-corrected chi connectivity index (χ2v) is 5.31. The van der Waals surface area contributed by atoms with Crippen LogP contribution in [-0.2, 0) is 6.54 Å². The van der Waals surface area contributed by atoms with Crippen molar-refractivity contribution in [2.75, 3.05) is 0 Å². The highest BCUT2D eigenvalue weighted by Crippen LogP contribution is 2.21. The molecule has 7 heteroatoms. The summed E-state index contributed by atoms with van der Waals surface area (Å²) in [4.78, 5) is 17.1. The van der Waals surface area contributed by atoms with Crippen LogP contribution in [0.5, 0.6) is 0 Å². The lowest BCUT2D eigenvalue weighted by atomic mass is 10.1. The molecule has 2 aromatic heterocycles. The number of nitrogens with one attached hydrogen (secondary N) is 1. The van der Waals surface area contributed by atoms with Crippen molar-refractivity contribution in [1.29, 1.82) is 5.26 Å². The largest absolute Gasteiger partial charge is 0.343 e. The highest BCUT2D eigenvalue weighted by atomic mass is 32.1. The highest BCUT2D eigenvalue weighted by Gasteiger charge is 2.11. The molecule has 0 unspecified atom stereocenters. The number of rotatable bonds is 4. The molecule has 0 bridgehead atoms. The number of hydrogen-bond donors (Lipinski definition) is 1. The fourth-order valence-corrected chi connectivity index (χ4v) is 2.47. The number of aromatic nitrogens is 2. The highest BCUT2D eigenvalue weighted by molar-refractivity contribution is 7.13. The van der Waals surface area contributed by atoms with Gasteiger partial charge >= 0.3 is 0 Å². The minimum absolute atomic E-state index is 0.133. The third-order valence-electron chi connectivity index (χ3n) is 2.86. The van der Waals surface area contributed by atoms with E-state index in [-0.39, 0.29) is 12.5 Å². The molecule has 0 spiro atoms. The first-order valence-electron chi connectivity index (χ1n) is 6.41. The van der Waals surface area contributed by atoms with Crippen LogP contribution < -0.4 is 5.32 Å². The number of nitriles is 1. The van der Waals surface area contributed by atoms with Crippen LogP contribution in [-0.4, -0.2) is 16.0 Å². The van der Waals surface area contributed by atoms with Crippen molar-refractivity contribution in [2.24, 2.45) is 0 Å². The second kappa shape index (κ2) is 6.20. The summed E-state index contributed by atoms with van der Waals surface area (Å²) in [6.07, 6.45) is 0. The maximum atomic E-state index is 12.0. The van der Waals surface area contributed by atoms with E-state index in [1.54, 1.807) is 18.2 Å². The Morgan fingerprint density at radius 1 is 1.36 bits per heavy atom. The molecule has 2 heterocycles. The number of nitrogens with zero attached hydrogens (tertiary/aromatic N) is 3. The van der Waals surface area contributed by atoms with Crippen molar-refractivity contribution in [2.45, 2.75) is 6.54 Å². The Labute approximate surface area is 130 Å². The maximum absolute atomic E-state index is 12.0. The molecule has 0 aliphatic carbocycles. The number of amides is 1. The molecule has 3 rings (SSSR count). The molecule has 1 amide bonds. The zero-order valence-electron chi connectivity index (χ0n) is 11.3. The zero-order valence-corrected chi connectivity index (χ0v) is 12.1. The van der Waals surface area contributed by atoms with Crippen molar-refractivity contribution < 1.29 is 9.32 Å². The molecule has 108 valence electrons. The SMILES string of the molecule is N#Cc1cccc(C(=O)NCc2nc(-c3cccs3)no2)c1. The fourth-order valence-electron chi connectivity index (χ4n) is 1.82. The molecular formula is C15H10N4O2S. The van der Waals surface area contributed by atoms with Gasteiger partial charge in [0.15, 0.2) is 0 Å². The fraction of sp³-hybridized carbons (Fsp3) is 0.0667. The van der Waals surface area contributed by atoms with Crippen molar-refractivity contribution in [3.05, 3.63) is 58.8 Å². The Bertz CT molecular complexity index is 833. The van der Waals surface area contributed by atoms with Crippen LogP contribution in [0, 0.1) is 11.3 Å². The summed E-state index contributed by atoms with van der Waals surface area (Å²) in [6, 6.07) is 12.3. The average Bonchev–Trinajstić information content (AvgIpc) is 3.23. The molecule has 0 saturated carbocycles. The van der Waals surface area contributed by atoms with Crippen LogP contribution in [0.4, 0.5) is 0 Å². The first-order chi connectivity index (χ1) is 10.8. The van der Waals surface area contributed by atoms with Gasteiger partial charge < -0.3 is 9.84 Å². The first kappa shape index (κ1) is 14.0. The van der Waals surface area contributed by atoms with Crippen LogP contribution >= 0.6 is 11.3 Å². The smallest absolute Gasteiger partial charge is 0.251 e. The number of thiophene rings is 1. The van der Waals surface area contributed by atoms with E-state index in [4.69, 9.17) is 9.78 Å². The Kier molecular flexibility index (Phi) is 3.94. The molecule has 22 heavy (non-hydrogen) atoms. The average molecular weight is 310 g/mol. The summed E-state index contributed by atoms with van der Waals surface area (Å²) in [5, 5.41) is 17.3. The summed E-state index contributed by atoms with van der Waals surface area (Å²) < 4.78 is 5.10. The van der Waals surface area contributed by atoms with Crippen molar-refractivity contribution in [1.82, 2.24) is 15.5 Å². The normalized spacial score (nSPS) is 10.1. The standard InChI is InChI=1S/C15H10N4O2S/c16-8-10-3-1-4-11(7-10)15(20)17-9-13-18-14(19-21-13)12-5-2-6-22-12/h1-7H,9H2,(H,17,20). The van der Waals surface area contributed by atoms with E-state index in [0.717, 1.165) is 4.88 Å². The van der Waals surface area contributed by atoms with Gasteiger partial charge in [0.25, 0.3) is 5.91 Å². The van der Waals surface area contributed by atoms with E-state index < -0.39 is 0 Å². The molecule has 1 aromatic carbocycles. The summed E-state index contributed by atoms with van der Waals surface area (Å²) in [5.41, 5.74) is 0.850. The summed E-state index contributed by atoms with van der Waals surface area (Å²) >= 11 is 1.51. The number of hydrogen-bond acceptors (Lipinski definition) is 6. The van der Waals surface area contributed by atoms with Gasteiger partial charge in [0.05, 0.1) is 23.1 Å². The summed E-state index contributed by atoms with van der Waals surface area (Å²) in [7, 11) is 0. The van der Waals surface area contributed by atoms with Gasteiger partial charge in [-0.05, 0) is 29.6 Å². The Morgan fingerprint density at radius 2 is 2.27 bits per heavy atom. The van der Waals surface area contributed by atoms with Crippen LogP contribution in [0.1, 0.15) is 21.8 Å². The third kappa shape index (κ3) is 3.02. The van der Waals surface area contributed by atoms with E-state index in [9.17, 15) is 4.79 Å². The van der Waals surface area contributed by atoms with Crippen molar-refractivity contribution in [3.63, 3.8) is 0 Å². The Morgan fingerprint density at radius 3 is 3.05 bits per heavy atom. The number of benzene rings is 1. The van der Waals surface area contributed by atoms with Crippen LogP contribution in [0.25, 0.3) is 10.7 Å². The summed E-state index contributed by atoms with van der Waals surface area (Å²) in [6.45, 7) is 0.133. The van der Waals surface area contributed by atoms with E-state index >= 15 is 0 Å². The predicted molar refractivity (Wildman–Crippen MR) is 79.9 cm³/mol. The minimum atomic E-state index is -0.298. The molecule has 0 radical (unpaired) electrons. The van der Waals surface area contributed by atoms with E-state index in [1.165, 1.54) is 17.4 Å². The van der Waals surface area contributed by atoms with Gasteiger partial charge in [-0.15, -0.1) is 11.3 Å². The molecule has 6 nitrogen and oxygen atoms in total. The van der Waals surface area contributed by atoms with E-state index in [2.05, 4.69) is 15.5 Å². The molecule has 0 fully saturated rings. The third-order valence-corrected chi connectivity index (χ3v) is 3.73. The van der Waals surface area contributed by atoms with Gasteiger partial charge in [0, 0.05) is 5.56 Å². The first-order valence-corrected chi connectivity index (χ1v) is 7.29. The van der Waals surface area contributed by atoms with Crippen LogP contribution in [0.2, 0.25) is 0 Å². The maximum Gasteiger partial charge on any atom is 0.251 e. The minimum Gasteiger partial charge on any atom is -0.343 e. The quantitative estimate of drug-likeness (QED) is 0.799. The van der Waals surface area contributed by atoms with Gasteiger partial charge in [-0.25, -0.2) is 0 Å². The van der Waals surface area contributed by atoms with Gasteiger partial charge in [0.1, 0.15) is 0 Å². The molecule has 0 aliphatic rings. The lowest BCUT2D eigenvalue weighted by molar-refractivity contribution is 0.0946. The Balaban J connectivity index is 1.65. The lowest BCUT2D eigenvalue weighted by Crippen LogP contribution is -2.23. The van der Waals surface area contributed by atoms with Crippen LogP contribution in [0.3, 0.4) is 0 Å². The molecule has 3 aromatic rings. The number of carbonyl (C=O) groups is 1. The number of carbonyl (C=O) groups excluding carboxylic acids is 1. The predicted octanol–water partition coefficient (Wildman–Crippen LogP) is 2.60. The molecular weight excluding hydrogens is 300 g/mol. The van der Waals surface area contributed by atoms with Gasteiger partial charge in [0.2, 0.25) is 11.7 Å².